The molecular formula is C28H45N3O3. The average molecular weight is 472 g/mol. The Bertz CT molecular complexity index is 810. The van der Waals surface area contributed by atoms with E-state index < -0.39 is 11.5 Å². The molecule has 2 aliphatic heterocycles. The summed E-state index contributed by atoms with van der Waals surface area (Å²) in [5.41, 5.74) is 3.52. The number of hydrogen-bond acceptors (Lipinski definition) is 4. The normalized spacial score (nSPS) is 25.2. The van der Waals surface area contributed by atoms with Gasteiger partial charge in [0, 0.05) is 19.2 Å². The number of benzene rings is 1. The molecule has 2 saturated heterocycles. The van der Waals surface area contributed by atoms with Crippen LogP contribution in [0.25, 0.3) is 0 Å². The fourth-order valence-electron chi connectivity index (χ4n) is 5.48. The molecule has 2 aliphatic rings. The maximum Gasteiger partial charge on any atom is 0.242 e. The molecule has 2 N–H and O–H groups in total. The van der Waals surface area contributed by atoms with E-state index in [0.29, 0.717) is 25.6 Å². The molecule has 2 heterocycles. The van der Waals surface area contributed by atoms with Crippen LogP contribution in [-0.2, 0) is 20.9 Å². The third-order valence-corrected chi connectivity index (χ3v) is 7.26. The Kier molecular flexibility index (Phi) is 9.55. The summed E-state index contributed by atoms with van der Waals surface area (Å²) in [5, 5.41) is 6.23. The average Bonchev–Trinajstić information content (AvgIpc) is 2.76. The minimum absolute atomic E-state index is 0.0622. The van der Waals surface area contributed by atoms with Crippen LogP contribution in [0.3, 0.4) is 0 Å². The second-order valence-corrected chi connectivity index (χ2v) is 11.1. The molecule has 2 atom stereocenters. The maximum atomic E-state index is 13.7. The van der Waals surface area contributed by atoms with E-state index in [0.717, 1.165) is 51.7 Å². The Morgan fingerprint density at radius 1 is 1.03 bits per heavy atom. The van der Waals surface area contributed by atoms with E-state index in [4.69, 9.17) is 4.74 Å². The van der Waals surface area contributed by atoms with Crippen molar-refractivity contribution in [2.24, 2.45) is 11.3 Å². The van der Waals surface area contributed by atoms with Gasteiger partial charge in [0.05, 0.1) is 12.0 Å². The lowest BCUT2D eigenvalue weighted by Gasteiger charge is -2.41. The molecule has 2 fully saturated rings. The molecule has 1 spiro atoms. The Labute approximate surface area is 206 Å². The van der Waals surface area contributed by atoms with Crippen molar-refractivity contribution in [3.8, 4) is 0 Å². The fourth-order valence-corrected chi connectivity index (χ4v) is 5.48. The van der Waals surface area contributed by atoms with Crippen LogP contribution in [0.5, 0.6) is 0 Å². The lowest BCUT2D eigenvalue weighted by Crippen LogP contribution is -2.55. The second-order valence-electron chi connectivity index (χ2n) is 11.1. The zero-order chi connectivity index (χ0) is 24.7. The van der Waals surface area contributed by atoms with Crippen LogP contribution in [0.2, 0.25) is 0 Å². The van der Waals surface area contributed by atoms with Crippen molar-refractivity contribution in [3.05, 3.63) is 34.9 Å². The van der Waals surface area contributed by atoms with Crippen LogP contribution in [0, 0.1) is 25.2 Å². The maximum absolute atomic E-state index is 13.7. The van der Waals surface area contributed by atoms with Gasteiger partial charge in [-0.2, -0.15) is 0 Å². The fraction of sp³-hybridized carbons (Fsp3) is 0.714. The number of rotatable bonds is 4. The van der Waals surface area contributed by atoms with E-state index in [2.05, 4.69) is 61.4 Å². The van der Waals surface area contributed by atoms with Crippen LogP contribution in [-0.4, -0.2) is 55.1 Å². The summed E-state index contributed by atoms with van der Waals surface area (Å²) in [6.07, 6.45) is 5.06. The Morgan fingerprint density at radius 3 is 2.35 bits per heavy atom. The summed E-state index contributed by atoms with van der Waals surface area (Å²) in [7, 11) is 0. The lowest BCUT2D eigenvalue weighted by molar-refractivity contribution is -0.138. The number of carbonyl (C=O) groups is 2. The van der Waals surface area contributed by atoms with Crippen molar-refractivity contribution in [2.45, 2.75) is 91.8 Å². The molecule has 3 rings (SSSR count). The van der Waals surface area contributed by atoms with Crippen molar-refractivity contribution >= 4 is 11.8 Å². The van der Waals surface area contributed by atoms with E-state index in [1.165, 1.54) is 16.7 Å². The Morgan fingerprint density at radius 2 is 1.71 bits per heavy atom. The number of nitrogens with zero attached hydrogens (tertiary/aromatic N) is 1. The molecule has 0 radical (unpaired) electrons. The first-order valence-electron chi connectivity index (χ1n) is 13.2. The van der Waals surface area contributed by atoms with Crippen molar-refractivity contribution in [1.29, 1.82) is 0 Å². The topological polar surface area (TPSA) is 70.7 Å². The van der Waals surface area contributed by atoms with Gasteiger partial charge in [-0.05, 0) is 77.4 Å². The minimum Gasteiger partial charge on any atom is -0.379 e. The third-order valence-electron chi connectivity index (χ3n) is 7.26. The highest BCUT2D eigenvalue weighted by Crippen LogP contribution is 2.38. The highest BCUT2D eigenvalue weighted by molar-refractivity contribution is 5.90. The van der Waals surface area contributed by atoms with Gasteiger partial charge in [0.2, 0.25) is 11.8 Å². The van der Waals surface area contributed by atoms with Gasteiger partial charge in [0.25, 0.3) is 0 Å². The first kappa shape index (κ1) is 26.7. The van der Waals surface area contributed by atoms with Gasteiger partial charge in [-0.1, -0.05) is 49.6 Å². The van der Waals surface area contributed by atoms with Gasteiger partial charge in [-0.15, -0.1) is 0 Å². The van der Waals surface area contributed by atoms with Gasteiger partial charge in [0.1, 0.15) is 6.04 Å². The van der Waals surface area contributed by atoms with Crippen LogP contribution in [0.1, 0.15) is 76.0 Å². The van der Waals surface area contributed by atoms with Crippen molar-refractivity contribution in [2.75, 3.05) is 26.3 Å². The third kappa shape index (κ3) is 7.54. The zero-order valence-corrected chi connectivity index (χ0v) is 21.9. The monoisotopic (exact) mass is 471 g/mol. The predicted molar refractivity (Wildman–Crippen MR) is 137 cm³/mol. The Balaban J connectivity index is 1.72. The van der Waals surface area contributed by atoms with E-state index in [1.54, 1.807) is 0 Å². The molecule has 6 heteroatoms. The molecule has 0 aliphatic carbocycles. The van der Waals surface area contributed by atoms with Crippen molar-refractivity contribution in [3.63, 3.8) is 0 Å². The molecule has 1 aromatic rings. The number of piperidine rings is 1. The molecule has 34 heavy (non-hydrogen) atoms. The standard InChI is InChI=1S/C28H45N3O3/c1-20(2)14-25-26(32)29-23(5)19-34-13-7-6-8-28(27(33)30-25)9-11-31(12-10-28)18-24-16-21(3)15-22(4)17-24/h15-17,20,23,25H,6-14,18-19H2,1-5H3,(H,29,32)(H,30,33)/t23-,25+/m1/s1. The molecule has 1 aromatic carbocycles. The summed E-state index contributed by atoms with van der Waals surface area (Å²) in [6, 6.07) is 6.17. The number of amides is 2. The molecule has 0 bridgehead atoms. The molecule has 0 unspecified atom stereocenters. The number of likely N-dealkylation sites (tertiary alicyclic amines) is 1. The molecule has 2 amide bonds. The van der Waals surface area contributed by atoms with E-state index in [-0.39, 0.29) is 17.9 Å². The van der Waals surface area contributed by atoms with Gasteiger partial charge in [0.15, 0.2) is 0 Å². The summed E-state index contributed by atoms with van der Waals surface area (Å²) in [5.74, 6) is 0.279. The number of carbonyl (C=O) groups excluding carboxylic acids is 2. The smallest absolute Gasteiger partial charge is 0.242 e. The molecular weight excluding hydrogens is 426 g/mol. The summed E-state index contributed by atoms with van der Waals surface area (Å²) >= 11 is 0. The van der Waals surface area contributed by atoms with Gasteiger partial charge < -0.3 is 15.4 Å². The molecule has 6 nitrogen and oxygen atoms in total. The highest BCUT2D eigenvalue weighted by Gasteiger charge is 2.42. The Hall–Kier alpha value is -1.92. The number of hydrogen-bond donors (Lipinski definition) is 2. The van der Waals surface area contributed by atoms with Crippen molar-refractivity contribution < 1.29 is 14.3 Å². The summed E-state index contributed by atoms with van der Waals surface area (Å²) in [4.78, 5) is 29.2. The predicted octanol–water partition coefficient (Wildman–Crippen LogP) is 4.12. The first-order chi connectivity index (χ1) is 16.2. The SMILES string of the molecule is Cc1cc(C)cc(CN2CCC3(CCCCOC[C@@H](C)NC(=O)[C@H](CC(C)C)NC3=O)CC2)c1. The molecule has 190 valence electrons. The summed E-state index contributed by atoms with van der Waals surface area (Å²) < 4.78 is 5.80. The van der Waals surface area contributed by atoms with Crippen molar-refractivity contribution in [1.82, 2.24) is 15.5 Å². The van der Waals surface area contributed by atoms with Crippen LogP contribution in [0.4, 0.5) is 0 Å². The van der Waals surface area contributed by atoms with Crippen LogP contribution < -0.4 is 10.6 Å². The van der Waals surface area contributed by atoms with Gasteiger partial charge in [-0.25, -0.2) is 0 Å². The molecule has 0 saturated carbocycles. The zero-order valence-electron chi connectivity index (χ0n) is 21.9. The van der Waals surface area contributed by atoms with Gasteiger partial charge >= 0.3 is 0 Å². The lowest BCUT2D eigenvalue weighted by atomic mass is 9.73. The van der Waals surface area contributed by atoms with E-state index in [1.807, 2.05) is 6.92 Å². The largest absolute Gasteiger partial charge is 0.379 e. The summed E-state index contributed by atoms with van der Waals surface area (Å²) in [6.45, 7) is 14.3. The van der Waals surface area contributed by atoms with Crippen LogP contribution in [0.15, 0.2) is 18.2 Å². The van der Waals surface area contributed by atoms with Crippen LogP contribution >= 0.6 is 0 Å². The molecule has 0 aromatic heterocycles. The van der Waals surface area contributed by atoms with Gasteiger partial charge in [-0.3, -0.25) is 14.5 Å². The van der Waals surface area contributed by atoms with E-state index >= 15 is 0 Å². The highest BCUT2D eigenvalue weighted by atomic mass is 16.5. The number of ether oxygens (including phenoxy) is 1. The minimum atomic E-state index is -0.499. The first-order valence-corrected chi connectivity index (χ1v) is 13.2. The number of nitrogens with one attached hydrogen (secondary N) is 2. The second kappa shape index (κ2) is 12.2. The van der Waals surface area contributed by atoms with E-state index in [9.17, 15) is 9.59 Å². The number of aryl methyl sites for hydroxylation is 2. The quantitative estimate of drug-likeness (QED) is 0.693.